The van der Waals surface area contributed by atoms with E-state index in [1.54, 1.807) is 4.90 Å². The number of piperazine rings is 1. The number of benzene rings is 1. The van der Waals surface area contributed by atoms with E-state index in [1.165, 1.54) is 23.5 Å². The molecule has 0 bridgehead atoms. The van der Waals surface area contributed by atoms with Crippen LogP contribution in [-0.2, 0) is 11.3 Å². The molecule has 1 aromatic carbocycles. The fourth-order valence-corrected chi connectivity index (χ4v) is 5.74. The molecule has 2 aliphatic rings. The van der Waals surface area contributed by atoms with E-state index in [-0.39, 0.29) is 24.3 Å². The second-order valence-corrected chi connectivity index (χ2v) is 10.2. The molecule has 0 radical (unpaired) electrons. The molecule has 3 aromatic rings. The van der Waals surface area contributed by atoms with Gasteiger partial charge in [-0.3, -0.25) is 9.59 Å². The molecule has 0 aliphatic carbocycles. The van der Waals surface area contributed by atoms with Crippen LogP contribution in [0.15, 0.2) is 35.7 Å². The first-order valence-corrected chi connectivity index (χ1v) is 12.6. The molecule has 180 valence electrons. The van der Waals surface area contributed by atoms with Crippen LogP contribution in [0.3, 0.4) is 0 Å². The summed E-state index contributed by atoms with van der Waals surface area (Å²) in [5.74, 6) is -1.21. The van der Waals surface area contributed by atoms with Gasteiger partial charge in [-0.1, -0.05) is 6.07 Å². The Labute approximate surface area is 201 Å². The Balaban J connectivity index is 1.30. The topological polar surface area (TPSA) is 48.8 Å². The predicted octanol–water partition coefficient (Wildman–Crippen LogP) is 3.66. The standard InChI is InChI=1S/C25H28F2N4O2S/c1-28-9-11-30(12-10-28)24(32)17-4-7-29(8-5-17)25(33)22-15-23-21(6-13-34-23)31(22)16-18-2-3-19(26)14-20(18)27/h2-3,6,13-15,17H,4-5,7-12,16H2,1H3. The van der Waals surface area contributed by atoms with Gasteiger partial charge in [0.05, 0.1) is 16.8 Å². The normalized spacial score (nSPS) is 18.1. The van der Waals surface area contributed by atoms with E-state index in [0.29, 0.717) is 37.2 Å². The number of carbonyl (C=O) groups is 2. The van der Waals surface area contributed by atoms with Crippen LogP contribution < -0.4 is 0 Å². The van der Waals surface area contributed by atoms with E-state index in [1.807, 2.05) is 27.0 Å². The van der Waals surface area contributed by atoms with Crippen LogP contribution in [0.1, 0.15) is 28.9 Å². The average Bonchev–Trinajstić information content (AvgIpc) is 3.43. The first-order chi connectivity index (χ1) is 16.4. The van der Waals surface area contributed by atoms with Crippen molar-refractivity contribution in [1.29, 1.82) is 0 Å². The van der Waals surface area contributed by atoms with E-state index in [9.17, 15) is 18.4 Å². The van der Waals surface area contributed by atoms with Gasteiger partial charge in [0.15, 0.2) is 0 Å². The summed E-state index contributed by atoms with van der Waals surface area (Å²) in [6, 6.07) is 7.29. The van der Waals surface area contributed by atoms with Crippen molar-refractivity contribution in [2.24, 2.45) is 5.92 Å². The number of piperidine rings is 1. The first-order valence-electron chi connectivity index (χ1n) is 11.7. The van der Waals surface area contributed by atoms with Crippen molar-refractivity contribution < 1.29 is 18.4 Å². The lowest BCUT2D eigenvalue weighted by molar-refractivity contribution is -0.138. The largest absolute Gasteiger partial charge is 0.340 e. The third-order valence-electron chi connectivity index (χ3n) is 7.03. The Hall–Kier alpha value is -2.78. The summed E-state index contributed by atoms with van der Waals surface area (Å²) < 4.78 is 30.5. The van der Waals surface area contributed by atoms with Crippen LogP contribution in [0.5, 0.6) is 0 Å². The molecule has 9 heteroatoms. The molecule has 4 heterocycles. The number of hydrogen-bond acceptors (Lipinski definition) is 4. The van der Waals surface area contributed by atoms with Crippen molar-refractivity contribution in [2.45, 2.75) is 19.4 Å². The number of aromatic nitrogens is 1. The van der Waals surface area contributed by atoms with Gasteiger partial charge < -0.3 is 19.3 Å². The number of nitrogens with zero attached hydrogens (tertiary/aromatic N) is 4. The zero-order valence-corrected chi connectivity index (χ0v) is 20.0. The molecule has 2 amide bonds. The van der Waals surface area contributed by atoms with Crippen molar-refractivity contribution in [2.75, 3.05) is 46.3 Å². The maximum atomic E-state index is 14.4. The average molecular weight is 487 g/mol. The summed E-state index contributed by atoms with van der Waals surface area (Å²) in [6.07, 6.45) is 1.30. The number of likely N-dealkylation sites (N-methyl/N-ethyl adjacent to an activating group) is 1. The van der Waals surface area contributed by atoms with Crippen molar-refractivity contribution in [3.8, 4) is 0 Å². The van der Waals surface area contributed by atoms with Gasteiger partial charge in [0.2, 0.25) is 5.91 Å². The molecule has 34 heavy (non-hydrogen) atoms. The number of amides is 2. The summed E-state index contributed by atoms with van der Waals surface area (Å²) in [4.78, 5) is 32.4. The maximum absolute atomic E-state index is 14.4. The third kappa shape index (κ3) is 4.46. The lowest BCUT2D eigenvalue weighted by Crippen LogP contribution is -2.51. The summed E-state index contributed by atoms with van der Waals surface area (Å²) in [7, 11) is 2.07. The summed E-state index contributed by atoms with van der Waals surface area (Å²) in [6.45, 7) is 4.50. The third-order valence-corrected chi connectivity index (χ3v) is 7.88. The lowest BCUT2D eigenvalue weighted by Gasteiger charge is -2.37. The number of rotatable bonds is 4. The van der Waals surface area contributed by atoms with E-state index in [4.69, 9.17) is 0 Å². The number of fused-ring (bicyclic) bond motifs is 1. The van der Waals surface area contributed by atoms with Gasteiger partial charge >= 0.3 is 0 Å². The van der Waals surface area contributed by atoms with Gasteiger partial charge in [0, 0.05) is 56.8 Å². The Morgan fingerprint density at radius 3 is 2.41 bits per heavy atom. The molecule has 0 spiro atoms. The summed E-state index contributed by atoms with van der Waals surface area (Å²) in [5, 5.41) is 1.94. The highest BCUT2D eigenvalue weighted by atomic mass is 32.1. The first kappa shape index (κ1) is 23.0. The Morgan fingerprint density at radius 2 is 1.71 bits per heavy atom. The van der Waals surface area contributed by atoms with Gasteiger partial charge in [-0.2, -0.15) is 0 Å². The van der Waals surface area contributed by atoms with E-state index in [0.717, 1.165) is 42.5 Å². The highest BCUT2D eigenvalue weighted by molar-refractivity contribution is 7.17. The highest BCUT2D eigenvalue weighted by Gasteiger charge is 2.32. The fraction of sp³-hybridized carbons (Fsp3) is 0.440. The molecule has 0 atom stereocenters. The van der Waals surface area contributed by atoms with Gasteiger partial charge in [-0.25, -0.2) is 8.78 Å². The Bertz CT molecular complexity index is 1210. The maximum Gasteiger partial charge on any atom is 0.270 e. The molecule has 2 aliphatic heterocycles. The van der Waals surface area contributed by atoms with Crippen LogP contribution in [0.2, 0.25) is 0 Å². The number of halogens is 2. The second-order valence-electron chi connectivity index (χ2n) is 9.22. The number of hydrogen-bond donors (Lipinski definition) is 0. The fourth-order valence-electron chi connectivity index (χ4n) is 4.92. The number of likely N-dealkylation sites (tertiary alicyclic amines) is 1. The molecule has 5 rings (SSSR count). The highest BCUT2D eigenvalue weighted by Crippen LogP contribution is 2.29. The van der Waals surface area contributed by atoms with Crippen molar-refractivity contribution in [3.05, 3.63) is 58.6 Å². The van der Waals surface area contributed by atoms with E-state index < -0.39 is 11.6 Å². The van der Waals surface area contributed by atoms with Crippen LogP contribution in [-0.4, -0.2) is 77.4 Å². The molecule has 2 saturated heterocycles. The van der Waals surface area contributed by atoms with Crippen LogP contribution in [0.25, 0.3) is 10.2 Å². The van der Waals surface area contributed by atoms with Gasteiger partial charge in [-0.05, 0) is 43.5 Å². The quantitative estimate of drug-likeness (QED) is 0.566. The molecule has 0 unspecified atom stereocenters. The Kier molecular flexibility index (Phi) is 6.40. The second kappa shape index (κ2) is 9.46. The van der Waals surface area contributed by atoms with Crippen LogP contribution >= 0.6 is 11.3 Å². The zero-order chi connectivity index (χ0) is 23.8. The van der Waals surface area contributed by atoms with Crippen molar-refractivity contribution >= 4 is 33.4 Å². The molecule has 0 N–H and O–H groups in total. The van der Waals surface area contributed by atoms with Crippen LogP contribution in [0.4, 0.5) is 8.78 Å². The summed E-state index contributed by atoms with van der Waals surface area (Å²) in [5.41, 5.74) is 1.68. The van der Waals surface area contributed by atoms with Crippen molar-refractivity contribution in [3.63, 3.8) is 0 Å². The van der Waals surface area contributed by atoms with Gasteiger partial charge in [0.25, 0.3) is 5.91 Å². The molecule has 2 fully saturated rings. The van der Waals surface area contributed by atoms with Crippen LogP contribution in [0, 0.1) is 17.6 Å². The van der Waals surface area contributed by atoms with Gasteiger partial charge in [-0.15, -0.1) is 11.3 Å². The van der Waals surface area contributed by atoms with Gasteiger partial charge in [0.1, 0.15) is 17.3 Å². The Morgan fingerprint density at radius 1 is 0.971 bits per heavy atom. The lowest BCUT2D eigenvalue weighted by atomic mass is 9.94. The SMILES string of the molecule is CN1CCN(C(=O)C2CCN(C(=O)c3cc4sccc4n3Cc3ccc(F)cc3F)CC2)CC1. The minimum absolute atomic E-state index is 0.0453. The smallest absolute Gasteiger partial charge is 0.270 e. The summed E-state index contributed by atoms with van der Waals surface area (Å²) >= 11 is 1.52. The van der Waals surface area contributed by atoms with Crippen molar-refractivity contribution in [1.82, 2.24) is 19.3 Å². The number of thiophene rings is 1. The minimum atomic E-state index is -0.626. The minimum Gasteiger partial charge on any atom is -0.340 e. The monoisotopic (exact) mass is 486 g/mol. The van der Waals surface area contributed by atoms with E-state index >= 15 is 0 Å². The molecular weight excluding hydrogens is 458 g/mol. The molecule has 0 saturated carbocycles. The van der Waals surface area contributed by atoms with E-state index in [2.05, 4.69) is 11.9 Å². The molecular formula is C25H28F2N4O2S. The zero-order valence-electron chi connectivity index (χ0n) is 19.2. The predicted molar refractivity (Wildman–Crippen MR) is 128 cm³/mol. The molecule has 2 aromatic heterocycles. The molecule has 6 nitrogen and oxygen atoms in total. The number of carbonyl (C=O) groups excluding carboxylic acids is 2.